The second-order valence-electron chi connectivity index (χ2n) is 4.55. The lowest BCUT2D eigenvalue weighted by molar-refractivity contribution is -0.119. The highest BCUT2D eigenvalue weighted by molar-refractivity contribution is 5.91. The summed E-state index contributed by atoms with van der Waals surface area (Å²) in [5.41, 5.74) is 0. The number of carbonyl (C=O) groups is 1. The SMILES string of the molecule is CCCCn1nnnc1NC(=O)C1CCCC1. The number of unbranched alkanes of at least 4 members (excludes halogenated alkanes) is 1. The number of carbonyl (C=O) groups excluding carboxylic acids is 1. The molecular formula is C11H19N5O. The van der Waals surface area contributed by atoms with Crippen LogP contribution in [0.15, 0.2) is 0 Å². The van der Waals surface area contributed by atoms with E-state index in [0.29, 0.717) is 5.95 Å². The van der Waals surface area contributed by atoms with Gasteiger partial charge in [0.15, 0.2) is 0 Å². The highest BCUT2D eigenvalue weighted by atomic mass is 16.2. The van der Waals surface area contributed by atoms with Gasteiger partial charge in [-0.25, -0.2) is 4.68 Å². The van der Waals surface area contributed by atoms with Crippen LogP contribution in [0.3, 0.4) is 0 Å². The summed E-state index contributed by atoms with van der Waals surface area (Å²) in [5, 5.41) is 14.2. The Hall–Kier alpha value is -1.46. The first-order chi connectivity index (χ1) is 8.31. The van der Waals surface area contributed by atoms with Crippen molar-refractivity contribution in [3.63, 3.8) is 0 Å². The molecule has 0 spiro atoms. The number of anilines is 1. The molecule has 1 aliphatic rings. The lowest BCUT2D eigenvalue weighted by Crippen LogP contribution is -2.23. The summed E-state index contributed by atoms with van der Waals surface area (Å²) in [6, 6.07) is 0. The van der Waals surface area contributed by atoms with Crippen molar-refractivity contribution in [2.24, 2.45) is 5.92 Å². The maximum Gasteiger partial charge on any atom is 0.249 e. The highest BCUT2D eigenvalue weighted by Gasteiger charge is 2.23. The van der Waals surface area contributed by atoms with Gasteiger partial charge >= 0.3 is 0 Å². The predicted molar refractivity (Wildman–Crippen MR) is 63.3 cm³/mol. The molecule has 6 nitrogen and oxygen atoms in total. The molecule has 1 aromatic heterocycles. The summed E-state index contributed by atoms with van der Waals surface area (Å²) >= 11 is 0. The quantitative estimate of drug-likeness (QED) is 0.844. The summed E-state index contributed by atoms with van der Waals surface area (Å²) in [4.78, 5) is 11.9. The molecule has 6 heteroatoms. The third-order valence-electron chi connectivity index (χ3n) is 3.22. The maximum atomic E-state index is 11.9. The van der Waals surface area contributed by atoms with Crippen LogP contribution in [0.4, 0.5) is 5.95 Å². The molecular weight excluding hydrogens is 218 g/mol. The Morgan fingerprint density at radius 3 is 2.94 bits per heavy atom. The number of hydrogen-bond donors (Lipinski definition) is 1. The summed E-state index contributed by atoms with van der Waals surface area (Å²) in [5.74, 6) is 0.691. The minimum atomic E-state index is 0.0649. The van der Waals surface area contributed by atoms with Gasteiger partial charge in [0.25, 0.3) is 0 Å². The number of rotatable bonds is 5. The molecule has 1 aromatic rings. The van der Waals surface area contributed by atoms with Crippen molar-refractivity contribution in [2.75, 3.05) is 5.32 Å². The summed E-state index contributed by atoms with van der Waals surface area (Å²) in [6.07, 6.45) is 6.37. The van der Waals surface area contributed by atoms with E-state index in [4.69, 9.17) is 0 Å². The van der Waals surface area contributed by atoms with E-state index in [1.54, 1.807) is 4.68 Å². The van der Waals surface area contributed by atoms with E-state index >= 15 is 0 Å². The lowest BCUT2D eigenvalue weighted by Gasteiger charge is -2.09. The highest BCUT2D eigenvalue weighted by Crippen LogP contribution is 2.25. The number of hydrogen-bond acceptors (Lipinski definition) is 4. The van der Waals surface area contributed by atoms with Crippen molar-refractivity contribution in [3.8, 4) is 0 Å². The van der Waals surface area contributed by atoms with E-state index in [9.17, 15) is 4.79 Å². The number of nitrogens with zero attached hydrogens (tertiary/aromatic N) is 4. The van der Waals surface area contributed by atoms with Crippen LogP contribution in [-0.2, 0) is 11.3 Å². The van der Waals surface area contributed by atoms with Gasteiger partial charge in [-0.15, -0.1) is 0 Å². The third kappa shape index (κ3) is 3.01. The molecule has 1 N–H and O–H groups in total. The minimum Gasteiger partial charge on any atom is -0.293 e. The van der Waals surface area contributed by atoms with Gasteiger partial charge in [0, 0.05) is 12.5 Å². The zero-order valence-corrected chi connectivity index (χ0v) is 10.2. The van der Waals surface area contributed by atoms with Crippen molar-refractivity contribution in [2.45, 2.75) is 52.0 Å². The second-order valence-corrected chi connectivity index (χ2v) is 4.55. The molecule has 1 fully saturated rings. The van der Waals surface area contributed by atoms with Gasteiger partial charge < -0.3 is 0 Å². The molecule has 94 valence electrons. The fourth-order valence-electron chi connectivity index (χ4n) is 2.15. The maximum absolute atomic E-state index is 11.9. The third-order valence-corrected chi connectivity index (χ3v) is 3.22. The van der Waals surface area contributed by atoms with Gasteiger partial charge in [0.05, 0.1) is 0 Å². The Balaban J connectivity index is 1.93. The summed E-state index contributed by atoms with van der Waals surface area (Å²) in [7, 11) is 0. The number of tetrazole rings is 1. The van der Waals surface area contributed by atoms with Crippen molar-refractivity contribution in [1.82, 2.24) is 20.2 Å². The van der Waals surface area contributed by atoms with Gasteiger partial charge in [-0.05, 0) is 29.7 Å². The van der Waals surface area contributed by atoms with Gasteiger partial charge in [-0.2, -0.15) is 0 Å². The molecule has 0 unspecified atom stereocenters. The normalized spacial score (nSPS) is 16.3. The molecule has 2 rings (SSSR count). The zero-order chi connectivity index (χ0) is 12.1. The molecule has 0 aliphatic heterocycles. The molecule has 0 bridgehead atoms. The van der Waals surface area contributed by atoms with Gasteiger partial charge in [0.2, 0.25) is 11.9 Å². The molecule has 1 saturated carbocycles. The Morgan fingerprint density at radius 2 is 2.24 bits per heavy atom. The molecule has 0 radical (unpaired) electrons. The van der Waals surface area contributed by atoms with E-state index in [-0.39, 0.29) is 11.8 Å². The van der Waals surface area contributed by atoms with Crippen LogP contribution in [0.1, 0.15) is 45.4 Å². The fourth-order valence-corrected chi connectivity index (χ4v) is 2.15. The van der Waals surface area contributed by atoms with Crippen molar-refractivity contribution in [3.05, 3.63) is 0 Å². The van der Waals surface area contributed by atoms with Crippen LogP contribution in [0.25, 0.3) is 0 Å². The average Bonchev–Trinajstić information content (AvgIpc) is 2.97. The van der Waals surface area contributed by atoms with Gasteiger partial charge in [-0.3, -0.25) is 10.1 Å². The van der Waals surface area contributed by atoms with E-state index < -0.39 is 0 Å². The van der Waals surface area contributed by atoms with Crippen LogP contribution >= 0.6 is 0 Å². The smallest absolute Gasteiger partial charge is 0.249 e. The zero-order valence-electron chi connectivity index (χ0n) is 10.2. The molecule has 1 aliphatic carbocycles. The van der Waals surface area contributed by atoms with Crippen LogP contribution in [0.2, 0.25) is 0 Å². The molecule has 0 saturated heterocycles. The topological polar surface area (TPSA) is 72.7 Å². The average molecular weight is 237 g/mol. The first-order valence-corrected chi connectivity index (χ1v) is 6.38. The second kappa shape index (κ2) is 5.75. The Bertz CT molecular complexity index is 370. The van der Waals surface area contributed by atoms with Crippen LogP contribution < -0.4 is 5.32 Å². The van der Waals surface area contributed by atoms with E-state index in [1.807, 2.05) is 0 Å². The number of aryl methyl sites for hydroxylation is 1. The van der Waals surface area contributed by atoms with Crippen LogP contribution in [0, 0.1) is 5.92 Å². The first kappa shape index (κ1) is 12.0. The Labute approximate surface area is 101 Å². The largest absolute Gasteiger partial charge is 0.293 e. The van der Waals surface area contributed by atoms with Crippen LogP contribution in [-0.4, -0.2) is 26.1 Å². The molecule has 17 heavy (non-hydrogen) atoms. The predicted octanol–water partition coefficient (Wildman–Crippen LogP) is 1.60. The number of aromatic nitrogens is 4. The standard InChI is InChI=1S/C11H19N5O/c1-2-3-8-16-11(13-14-15-16)12-10(17)9-6-4-5-7-9/h9H,2-8H2,1H3,(H,12,13,15,17). The number of nitrogens with one attached hydrogen (secondary N) is 1. The van der Waals surface area contributed by atoms with Gasteiger partial charge in [-0.1, -0.05) is 31.3 Å². The fraction of sp³-hybridized carbons (Fsp3) is 0.818. The number of amides is 1. The van der Waals surface area contributed by atoms with Crippen LogP contribution in [0.5, 0.6) is 0 Å². The molecule has 0 atom stereocenters. The first-order valence-electron chi connectivity index (χ1n) is 6.38. The van der Waals surface area contributed by atoms with E-state index in [0.717, 1.165) is 45.1 Å². The monoisotopic (exact) mass is 237 g/mol. The lowest BCUT2D eigenvalue weighted by atomic mass is 10.1. The van der Waals surface area contributed by atoms with Gasteiger partial charge in [0.1, 0.15) is 0 Å². The minimum absolute atomic E-state index is 0.0649. The molecule has 0 aromatic carbocycles. The van der Waals surface area contributed by atoms with Crippen molar-refractivity contribution < 1.29 is 4.79 Å². The Kier molecular flexibility index (Phi) is 4.06. The summed E-state index contributed by atoms with van der Waals surface area (Å²) < 4.78 is 1.66. The van der Waals surface area contributed by atoms with Crippen molar-refractivity contribution in [1.29, 1.82) is 0 Å². The summed E-state index contributed by atoms with van der Waals surface area (Å²) in [6.45, 7) is 2.87. The molecule has 1 amide bonds. The van der Waals surface area contributed by atoms with Crippen molar-refractivity contribution >= 4 is 11.9 Å². The molecule has 1 heterocycles. The van der Waals surface area contributed by atoms with E-state index in [2.05, 4.69) is 27.8 Å². The Morgan fingerprint density at radius 1 is 1.47 bits per heavy atom. The van der Waals surface area contributed by atoms with E-state index in [1.165, 1.54) is 0 Å².